The van der Waals surface area contributed by atoms with E-state index in [-0.39, 0.29) is 11.8 Å². The van der Waals surface area contributed by atoms with Crippen molar-refractivity contribution in [2.45, 2.75) is 52.5 Å². The van der Waals surface area contributed by atoms with Gasteiger partial charge in [-0.2, -0.15) is 0 Å². The van der Waals surface area contributed by atoms with Gasteiger partial charge in [-0.3, -0.25) is 4.79 Å². The first-order valence-corrected chi connectivity index (χ1v) is 10.9. The van der Waals surface area contributed by atoms with Crippen molar-refractivity contribution in [3.8, 4) is 5.75 Å². The number of hydrogen-bond donors (Lipinski definition) is 0. The number of likely N-dealkylation sites (N-methyl/N-ethyl adjacent to an activating group) is 1. The molecule has 0 spiro atoms. The third kappa shape index (κ3) is 3.93. The molecule has 0 saturated carbocycles. The first-order valence-electron chi connectivity index (χ1n) is 10.9. The minimum atomic E-state index is 0.134. The molecule has 3 aromatic rings. The maximum atomic E-state index is 12.3. The second-order valence-corrected chi connectivity index (χ2v) is 8.49. The average molecular weight is 406 g/mol. The lowest BCUT2D eigenvalue weighted by Gasteiger charge is -2.17. The summed E-state index contributed by atoms with van der Waals surface area (Å²) in [4.78, 5) is 19.1. The molecule has 30 heavy (non-hydrogen) atoms. The van der Waals surface area contributed by atoms with Crippen LogP contribution < -0.4 is 4.74 Å². The molecule has 1 aliphatic rings. The van der Waals surface area contributed by atoms with Crippen LogP contribution in [0, 0.1) is 6.92 Å². The molecule has 1 aliphatic heterocycles. The van der Waals surface area contributed by atoms with Crippen molar-refractivity contribution in [2.75, 3.05) is 19.7 Å². The number of hydrogen-bond acceptors (Lipinski definition) is 3. The summed E-state index contributed by atoms with van der Waals surface area (Å²) in [7, 11) is 0. The van der Waals surface area contributed by atoms with Gasteiger partial charge in [-0.05, 0) is 49.1 Å². The van der Waals surface area contributed by atoms with E-state index in [0.717, 1.165) is 35.7 Å². The Kier molecular flexibility index (Phi) is 5.80. The lowest BCUT2D eigenvalue weighted by molar-refractivity contribution is -0.127. The number of likely N-dealkylation sites (tertiary alicyclic amines) is 1. The zero-order valence-corrected chi connectivity index (χ0v) is 18.4. The first kappa shape index (κ1) is 20.5. The van der Waals surface area contributed by atoms with E-state index in [9.17, 15) is 4.79 Å². The van der Waals surface area contributed by atoms with Crippen LogP contribution in [0.4, 0.5) is 0 Å². The van der Waals surface area contributed by atoms with Crippen molar-refractivity contribution in [1.82, 2.24) is 14.5 Å². The molecule has 1 amide bonds. The number of rotatable bonds is 7. The Hall–Kier alpha value is -2.82. The molecule has 158 valence electrons. The zero-order chi connectivity index (χ0) is 21.3. The van der Waals surface area contributed by atoms with Gasteiger partial charge in [0.15, 0.2) is 0 Å². The van der Waals surface area contributed by atoms with Crippen LogP contribution in [-0.4, -0.2) is 40.1 Å². The summed E-state index contributed by atoms with van der Waals surface area (Å²) in [5.41, 5.74) is 4.52. The second kappa shape index (κ2) is 8.50. The number of aromatic nitrogens is 2. The Labute approximate surface area is 178 Å². The number of nitrogens with zero attached hydrogens (tertiary/aromatic N) is 3. The minimum absolute atomic E-state index is 0.134. The molecule has 2 aromatic carbocycles. The van der Waals surface area contributed by atoms with Crippen molar-refractivity contribution in [1.29, 1.82) is 0 Å². The number of para-hydroxylation sites is 2. The van der Waals surface area contributed by atoms with E-state index in [1.54, 1.807) is 0 Å². The van der Waals surface area contributed by atoms with Gasteiger partial charge in [-0.1, -0.05) is 38.1 Å². The van der Waals surface area contributed by atoms with E-state index >= 15 is 0 Å². The Morgan fingerprint density at radius 3 is 2.73 bits per heavy atom. The molecule has 0 bridgehead atoms. The second-order valence-electron chi connectivity index (χ2n) is 8.49. The maximum Gasteiger partial charge on any atom is 0.223 e. The van der Waals surface area contributed by atoms with Gasteiger partial charge in [-0.15, -0.1) is 0 Å². The lowest BCUT2D eigenvalue weighted by atomic mass is 10.0. The highest BCUT2D eigenvalue weighted by atomic mass is 16.5. The van der Waals surface area contributed by atoms with Crippen molar-refractivity contribution < 1.29 is 9.53 Å². The quantitative estimate of drug-likeness (QED) is 0.563. The lowest BCUT2D eigenvalue weighted by Crippen LogP contribution is -2.24. The van der Waals surface area contributed by atoms with Gasteiger partial charge in [-0.25, -0.2) is 4.98 Å². The van der Waals surface area contributed by atoms with Crippen LogP contribution in [0.25, 0.3) is 11.0 Å². The van der Waals surface area contributed by atoms with E-state index in [0.29, 0.717) is 25.5 Å². The summed E-state index contributed by atoms with van der Waals surface area (Å²) in [6, 6.07) is 14.6. The molecule has 0 N–H and O–H groups in total. The normalized spacial score (nSPS) is 16.8. The third-order valence-corrected chi connectivity index (χ3v) is 6.01. The van der Waals surface area contributed by atoms with Crippen LogP contribution in [0.15, 0.2) is 42.5 Å². The molecule has 0 aliphatic carbocycles. The number of carbonyl (C=O) groups excluding carboxylic acids is 1. The number of benzene rings is 2. The summed E-state index contributed by atoms with van der Waals surface area (Å²) in [6.07, 6.45) is 0.535. The number of imidazole rings is 1. The van der Waals surface area contributed by atoms with E-state index in [1.807, 2.05) is 30.0 Å². The molecular formula is C25H31N3O2. The number of amides is 1. The summed E-state index contributed by atoms with van der Waals surface area (Å²) >= 11 is 0. The van der Waals surface area contributed by atoms with Crippen LogP contribution >= 0.6 is 0 Å². The molecule has 1 unspecified atom stereocenters. The minimum Gasteiger partial charge on any atom is -0.491 e. The van der Waals surface area contributed by atoms with Gasteiger partial charge < -0.3 is 14.2 Å². The van der Waals surface area contributed by atoms with E-state index in [1.165, 1.54) is 11.1 Å². The van der Waals surface area contributed by atoms with E-state index < -0.39 is 0 Å². The standard InChI is InChI=1S/C25H31N3O2/c1-5-27-16-19(15-24(27)29)25-26-21-8-6-7-9-22(21)28(25)12-13-30-23-14-18(4)10-11-20(23)17(2)3/h6-11,14,17,19H,5,12-13,15-16H2,1-4H3. The number of carbonyl (C=O) groups is 1. The predicted octanol–water partition coefficient (Wildman–Crippen LogP) is 4.88. The molecule has 1 atom stereocenters. The molecule has 4 rings (SSSR count). The average Bonchev–Trinajstić information content (AvgIpc) is 3.28. The van der Waals surface area contributed by atoms with Crippen molar-refractivity contribution in [3.63, 3.8) is 0 Å². The third-order valence-electron chi connectivity index (χ3n) is 6.01. The molecule has 0 radical (unpaired) electrons. The summed E-state index contributed by atoms with van der Waals surface area (Å²) in [5.74, 6) is 2.73. The molecule has 1 fully saturated rings. The van der Waals surface area contributed by atoms with Crippen molar-refractivity contribution >= 4 is 16.9 Å². The molecular weight excluding hydrogens is 374 g/mol. The van der Waals surface area contributed by atoms with Gasteiger partial charge in [0.1, 0.15) is 18.2 Å². The first-order chi connectivity index (χ1) is 14.5. The largest absolute Gasteiger partial charge is 0.491 e. The Morgan fingerprint density at radius 2 is 2.00 bits per heavy atom. The summed E-state index contributed by atoms with van der Waals surface area (Å²) < 4.78 is 8.50. The highest BCUT2D eigenvalue weighted by Gasteiger charge is 2.33. The highest BCUT2D eigenvalue weighted by Crippen LogP contribution is 2.31. The fourth-order valence-corrected chi connectivity index (χ4v) is 4.38. The van der Waals surface area contributed by atoms with E-state index in [2.05, 4.69) is 49.6 Å². The Balaban J connectivity index is 1.59. The van der Waals surface area contributed by atoms with Crippen LogP contribution in [0.3, 0.4) is 0 Å². The fourth-order valence-electron chi connectivity index (χ4n) is 4.38. The number of aryl methyl sites for hydroxylation is 1. The van der Waals surface area contributed by atoms with Crippen LogP contribution in [0.5, 0.6) is 5.75 Å². The molecule has 1 aromatic heterocycles. The Morgan fingerprint density at radius 1 is 1.20 bits per heavy atom. The van der Waals surface area contributed by atoms with Gasteiger partial charge in [0.2, 0.25) is 5.91 Å². The topological polar surface area (TPSA) is 47.4 Å². The smallest absolute Gasteiger partial charge is 0.223 e. The molecule has 2 heterocycles. The number of fused-ring (bicyclic) bond motifs is 1. The zero-order valence-electron chi connectivity index (χ0n) is 18.4. The molecule has 1 saturated heterocycles. The van der Waals surface area contributed by atoms with Crippen LogP contribution in [0.2, 0.25) is 0 Å². The van der Waals surface area contributed by atoms with Gasteiger partial charge in [0, 0.05) is 25.4 Å². The SMILES string of the molecule is CCN1CC(c2nc3ccccc3n2CCOc2cc(C)ccc2C(C)C)CC1=O. The van der Waals surface area contributed by atoms with E-state index in [4.69, 9.17) is 9.72 Å². The monoisotopic (exact) mass is 405 g/mol. The van der Waals surface area contributed by atoms with Gasteiger partial charge >= 0.3 is 0 Å². The van der Waals surface area contributed by atoms with Gasteiger partial charge in [0.05, 0.1) is 17.6 Å². The van der Waals surface area contributed by atoms with Gasteiger partial charge in [0.25, 0.3) is 0 Å². The number of ether oxygens (including phenoxy) is 1. The maximum absolute atomic E-state index is 12.3. The van der Waals surface area contributed by atoms with Crippen molar-refractivity contribution in [3.05, 3.63) is 59.4 Å². The van der Waals surface area contributed by atoms with Crippen LogP contribution in [-0.2, 0) is 11.3 Å². The highest BCUT2D eigenvalue weighted by molar-refractivity contribution is 5.80. The predicted molar refractivity (Wildman–Crippen MR) is 120 cm³/mol. The van der Waals surface area contributed by atoms with Crippen LogP contribution in [0.1, 0.15) is 56.0 Å². The summed E-state index contributed by atoms with van der Waals surface area (Å²) in [5, 5.41) is 0. The fraction of sp³-hybridized carbons (Fsp3) is 0.440. The molecule has 5 nitrogen and oxygen atoms in total. The van der Waals surface area contributed by atoms with Crippen molar-refractivity contribution in [2.24, 2.45) is 0 Å². The molecule has 5 heteroatoms. The Bertz CT molecular complexity index is 1050. The summed E-state index contributed by atoms with van der Waals surface area (Å²) in [6.45, 7) is 11.3.